The predicted octanol–water partition coefficient (Wildman–Crippen LogP) is 9.78. The first-order chi connectivity index (χ1) is 24.3. The molecule has 5 aromatic carbocycles. The van der Waals surface area contributed by atoms with Crippen LogP contribution in [-0.2, 0) is 26.3 Å². The number of nitrogens with zero attached hydrogens (tertiary/aromatic N) is 2. The first-order valence-corrected chi connectivity index (χ1v) is 16.9. The molecule has 0 radical (unpaired) electrons. The Labute approximate surface area is 307 Å². The van der Waals surface area contributed by atoms with Gasteiger partial charge in [-0.1, -0.05) is 89.5 Å². The fraction of sp³-hybridized carbons (Fsp3) is 0.0244. The summed E-state index contributed by atoms with van der Waals surface area (Å²) >= 11 is 0. The van der Waals surface area contributed by atoms with Gasteiger partial charge in [0.05, 0.1) is 24.7 Å². The van der Waals surface area contributed by atoms with E-state index in [4.69, 9.17) is 0 Å². The zero-order chi connectivity index (χ0) is 35.3. The van der Waals surface area contributed by atoms with Crippen molar-refractivity contribution in [3.05, 3.63) is 205 Å². The van der Waals surface area contributed by atoms with Gasteiger partial charge in [-0.25, -0.2) is 0 Å². The molecule has 0 aliphatic rings. The van der Waals surface area contributed by atoms with Crippen LogP contribution in [-0.4, -0.2) is 9.97 Å². The molecule has 0 saturated heterocycles. The summed E-state index contributed by atoms with van der Waals surface area (Å²) in [7, 11) is -1.18. The Morgan fingerprint density at radius 3 is 1.24 bits per heavy atom. The van der Waals surface area contributed by atoms with Crippen molar-refractivity contribution >= 4 is 18.5 Å². The van der Waals surface area contributed by atoms with E-state index in [0.717, 1.165) is 30.3 Å². The number of hydrogen-bond donors (Lipinski definition) is 0. The first-order valence-electron chi connectivity index (χ1n) is 15.2. The molecule has 256 valence electrons. The van der Waals surface area contributed by atoms with E-state index in [0.29, 0.717) is 23.1 Å². The van der Waals surface area contributed by atoms with Gasteiger partial charge in [0.25, 0.3) is 0 Å². The van der Waals surface area contributed by atoms with Crippen LogP contribution in [0.5, 0.6) is 0 Å². The van der Waals surface area contributed by atoms with E-state index >= 15 is 0 Å². The maximum atomic E-state index is 14.0. The Balaban J connectivity index is 0.000000177. The third-order valence-corrected chi connectivity index (χ3v) is 9.86. The number of benzene rings is 5. The molecule has 51 heavy (non-hydrogen) atoms. The summed E-state index contributed by atoms with van der Waals surface area (Å²) in [5.74, 6) is -3.68. The van der Waals surface area contributed by atoms with Crippen LogP contribution in [0.4, 0.5) is 26.3 Å². The third-order valence-electron chi connectivity index (χ3n) is 7.09. The summed E-state index contributed by atoms with van der Waals surface area (Å²) in [6.45, 7) is 0. The van der Waals surface area contributed by atoms with Crippen molar-refractivity contribution in [1.82, 2.24) is 9.97 Å². The van der Waals surface area contributed by atoms with Gasteiger partial charge in [0.1, 0.15) is 0 Å². The number of hydrogen-bond acceptors (Lipinski definition) is 2. The summed E-state index contributed by atoms with van der Waals surface area (Å²) in [4.78, 5) is 7.89. The zero-order valence-electron chi connectivity index (χ0n) is 26.6. The average Bonchev–Trinajstić information content (AvgIpc) is 3.13. The van der Waals surface area contributed by atoms with Gasteiger partial charge in [-0.05, 0) is 47.8 Å². The Morgan fingerprint density at radius 1 is 0.471 bits per heavy atom. The van der Waals surface area contributed by atoms with Crippen molar-refractivity contribution in [3.63, 3.8) is 0 Å². The molecule has 7 aromatic rings. The Kier molecular flexibility index (Phi) is 14.8. The van der Waals surface area contributed by atoms with Crippen LogP contribution >= 0.6 is 7.92 Å². The van der Waals surface area contributed by atoms with Crippen molar-refractivity contribution in [2.24, 2.45) is 0 Å². The van der Waals surface area contributed by atoms with E-state index in [1.165, 1.54) is 16.7 Å². The van der Waals surface area contributed by atoms with Crippen LogP contribution in [0.1, 0.15) is 5.56 Å². The third kappa shape index (κ3) is 11.3. The predicted molar refractivity (Wildman–Crippen MR) is 186 cm³/mol. The minimum Gasteiger partial charge on any atom is -0.305 e. The molecule has 0 bridgehead atoms. The summed E-state index contributed by atoms with van der Waals surface area (Å²) in [5, 5.41) is 2.41. The Bertz CT molecular complexity index is 1980. The summed E-state index contributed by atoms with van der Waals surface area (Å²) < 4.78 is 78.6. The topological polar surface area (TPSA) is 25.8 Å². The number of halogens is 6. The van der Waals surface area contributed by atoms with Crippen LogP contribution in [0.25, 0.3) is 22.5 Å². The van der Waals surface area contributed by atoms with Gasteiger partial charge < -0.3 is 9.97 Å². The van der Waals surface area contributed by atoms with Gasteiger partial charge in [-0.3, -0.25) is 26.3 Å². The smallest absolute Gasteiger partial charge is 0.305 e. The van der Waals surface area contributed by atoms with Crippen LogP contribution in [0, 0.1) is 53.1 Å². The molecule has 2 heterocycles. The van der Waals surface area contributed by atoms with Crippen molar-refractivity contribution in [1.29, 1.82) is 0 Å². The Hall–Kier alpha value is -4.94. The fourth-order valence-corrected chi connectivity index (χ4v) is 7.30. The van der Waals surface area contributed by atoms with Crippen LogP contribution in [0.3, 0.4) is 0 Å². The molecule has 2 nitrogen and oxygen atoms in total. The molecule has 0 N–H and O–H groups in total. The molecule has 0 spiro atoms. The van der Waals surface area contributed by atoms with Crippen LogP contribution in [0.2, 0.25) is 0 Å². The van der Waals surface area contributed by atoms with Gasteiger partial charge >= 0.3 is 20.1 Å². The number of pyridine rings is 2. The maximum absolute atomic E-state index is 14.0. The molecule has 2 aromatic heterocycles. The maximum Gasteiger partial charge on any atom is 3.00 e. The van der Waals surface area contributed by atoms with Crippen molar-refractivity contribution in [3.8, 4) is 22.5 Å². The first kappa shape index (κ1) is 38.9. The van der Waals surface area contributed by atoms with E-state index < -0.39 is 42.8 Å². The monoisotopic (exact) mass is 885 g/mol. The Morgan fingerprint density at radius 2 is 0.863 bits per heavy atom. The van der Waals surface area contributed by atoms with Crippen LogP contribution < -0.4 is 10.6 Å². The molecule has 0 unspecified atom stereocenters. The molecular formula is C41H27F6IrN2P+. The molecule has 0 saturated carbocycles. The summed E-state index contributed by atoms with van der Waals surface area (Å²) in [6, 6.07) is 44.1. The summed E-state index contributed by atoms with van der Waals surface area (Å²) in [5.41, 5.74) is 1.72. The van der Waals surface area contributed by atoms with Gasteiger partial charge in [0.15, 0.2) is 0 Å². The molecule has 0 fully saturated rings. The molecule has 0 aliphatic carbocycles. The minimum atomic E-state index is -1.18. The molecule has 7 rings (SSSR count). The molecular weight excluding hydrogens is 858 g/mol. The van der Waals surface area contributed by atoms with Gasteiger partial charge in [-0.15, -0.1) is 36.4 Å². The quantitative estimate of drug-likeness (QED) is 0.0945. The van der Waals surface area contributed by atoms with Crippen molar-refractivity contribution in [2.45, 2.75) is 6.16 Å². The van der Waals surface area contributed by atoms with Crippen molar-refractivity contribution in [2.75, 3.05) is 0 Å². The van der Waals surface area contributed by atoms with Gasteiger partial charge in [0.2, 0.25) is 0 Å². The normalized spacial score (nSPS) is 10.3. The molecule has 10 heteroatoms. The van der Waals surface area contributed by atoms with Gasteiger partial charge in [0, 0.05) is 47.3 Å². The number of aromatic nitrogens is 2. The second-order valence-electron chi connectivity index (χ2n) is 10.5. The molecule has 0 atom stereocenters. The second-order valence-corrected chi connectivity index (χ2v) is 13.0. The SMILES string of the molecule is Fc1c[c-]c(-c2ccccn2)c(F)c1.Fc1c[c-]c(-c2ccccn2)c(F)c1.Fc1c[c-]c(C[PH+](c2ccccc2)c2ccccc2)c(F)c1.[Ir+3]. The van der Waals surface area contributed by atoms with E-state index in [9.17, 15) is 26.3 Å². The molecule has 0 aliphatic heterocycles. The average molecular weight is 885 g/mol. The van der Waals surface area contributed by atoms with E-state index in [-0.39, 0.29) is 31.2 Å². The van der Waals surface area contributed by atoms with Gasteiger partial charge in [-0.2, -0.15) is 6.07 Å². The zero-order valence-corrected chi connectivity index (χ0v) is 30.0. The van der Waals surface area contributed by atoms with Crippen molar-refractivity contribution < 1.29 is 46.4 Å². The van der Waals surface area contributed by atoms with E-state index in [1.54, 1.807) is 48.8 Å². The second kappa shape index (κ2) is 19.5. The molecule has 0 amide bonds. The van der Waals surface area contributed by atoms with Crippen LogP contribution in [0.15, 0.2) is 146 Å². The minimum absolute atomic E-state index is 0. The fourth-order valence-electron chi connectivity index (χ4n) is 4.74. The number of rotatable bonds is 6. The van der Waals surface area contributed by atoms with E-state index in [1.807, 2.05) is 36.4 Å². The van der Waals surface area contributed by atoms with E-state index in [2.05, 4.69) is 52.4 Å². The summed E-state index contributed by atoms with van der Waals surface area (Å²) in [6.07, 6.45) is 3.64. The standard InChI is InChI=1S/C19H14F2P.2C11H6F2N.Ir/c20-16-12-11-15(19(21)13-16)14-22(17-7-3-1-4-8-17)18-9-5-2-6-10-18;2*12-8-4-5-9(10(13)7-8)11-3-1-2-6-14-11;/h1-10,12-13H,14H2;2*1-4,6-7H;/q3*-1;+3/p+1. The largest absolute Gasteiger partial charge is 3.00 e.